The fraction of sp³-hybridized carbons (Fsp3) is 0.200. The second kappa shape index (κ2) is 6.81. The molecule has 28 heavy (non-hydrogen) atoms. The average molecular weight is 390 g/mol. The molecule has 5 heterocycles. The highest BCUT2D eigenvalue weighted by Crippen LogP contribution is 2.27. The number of hydrogen-bond donors (Lipinski definition) is 1. The number of amides is 1. The second-order valence-electron chi connectivity index (χ2n) is 6.85. The molecule has 2 N–H and O–H groups in total. The second-order valence-corrected chi connectivity index (χ2v) is 7.79. The normalized spacial score (nSPS) is 16.8. The third-order valence-corrected chi connectivity index (χ3v) is 5.83. The molecule has 1 saturated heterocycles. The lowest BCUT2D eigenvalue weighted by molar-refractivity contribution is 0.0791. The Morgan fingerprint density at radius 1 is 1.25 bits per heavy atom. The Bertz CT molecular complexity index is 1150. The summed E-state index contributed by atoms with van der Waals surface area (Å²) in [4.78, 5) is 24.9. The molecule has 0 spiro atoms. The summed E-state index contributed by atoms with van der Waals surface area (Å²) in [5.41, 5.74) is 9.63. The van der Waals surface area contributed by atoms with Crippen LogP contribution in [0.3, 0.4) is 0 Å². The molecule has 4 aromatic heterocycles. The zero-order chi connectivity index (χ0) is 19.1. The first-order chi connectivity index (χ1) is 13.7. The molecule has 0 bridgehead atoms. The van der Waals surface area contributed by atoms with Crippen molar-refractivity contribution in [2.45, 2.75) is 12.5 Å². The topological polar surface area (TPSA) is 89.4 Å². The predicted molar refractivity (Wildman–Crippen MR) is 108 cm³/mol. The number of nitrogens with zero attached hydrogens (tertiary/aromatic N) is 5. The molecule has 8 heteroatoms. The summed E-state index contributed by atoms with van der Waals surface area (Å²) >= 11 is 1.64. The third kappa shape index (κ3) is 2.96. The molecule has 1 fully saturated rings. The van der Waals surface area contributed by atoms with E-state index in [1.165, 1.54) is 0 Å². The van der Waals surface area contributed by atoms with E-state index in [2.05, 4.69) is 10.1 Å². The monoisotopic (exact) mass is 390 g/mol. The van der Waals surface area contributed by atoms with Crippen LogP contribution in [0.2, 0.25) is 0 Å². The van der Waals surface area contributed by atoms with Crippen LogP contribution < -0.4 is 5.73 Å². The molecule has 5 rings (SSSR count). The highest BCUT2D eigenvalue weighted by atomic mass is 32.1. The number of aromatic nitrogens is 4. The summed E-state index contributed by atoms with van der Waals surface area (Å²) in [7, 11) is 0. The molecule has 0 aromatic carbocycles. The van der Waals surface area contributed by atoms with Gasteiger partial charge in [0.05, 0.1) is 28.0 Å². The van der Waals surface area contributed by atoms with Crippen molar-refractivity contribution in [2.75, 3.05) is 13.1 Å². The summed E-state index contributed by atoms with van der Waals surface area (Å²) < 4.78 is 1.72. The average Bonchev–Trinajstić information content (AvgIpc) is 3.47. The molecule has 7 nitrogen and oxygen atoms in total. The van der Waals surface area contributed by atoms with Crippen molar-refractivity contribution in [3.8, 4) is 21.8 Å². The molecule has 1 aliphatic heterocycles. The van der Waals surface area contributed by atoms with Gasteiger partial charge in [0.15, 0.2) is 5.65 Å². The smallest absolute Gasteiger partial charge is 0.254 e. The van der Waals surface area contributed by atoms with Gasteiger partial charge < -0.3 is 10.6 Å². The van der Waals surface area contributed by atoms with Crippen molar-refractivity contribution < 1.29 is 4.79 Å². The Morgan fingerprint density at radius 3 is 2.96 bits per heavy atom. The molecule has 0 aliphatic carbocycles. The van der Waals surface area contributed by atoms with E-state index >= 15 is 0 Å². The molecule has 0 saturated carbocycles. The maximum atomic E-state index is 12.8. The zero-order valence-electron chi connectivity index (χ0n) is 15.0. The molecule has 1 unspecified atom stereocenters. The van der Waals surface area contributed by atoms with Crippen molar-refractivity contribution in [1.82, 2.24) is 24.5 Å². The van der Waals surface area contributed by atoms with Crippen molar-refractivity contribution in [2.24, 2.45) is 5.73 Å². The molecular weight excluding hydrogens is 372 g/mol. The first-order valence-electron chi connectivity index (χ1n) is 9.08. The maximum Gasteiger partial charge on any atom is 0.254 e. The number of carbonyl (C=O) groups is 1. The van der Waals surface area contributed by atoms with E-state index in [4.69, 9.17) is 10.7 Å². The van der Waals surface area contributed by atoms with Gasteiger partial charge in [0.2, 0.25) is 0 Å². The Labute approximate surface area is 165 Å². The summed E-state index contributed by atoms with van der Waals surface area (Å²) in [5, 5.41) is 6.41. The number of thiophene rings is 1. The van der Waals surface area contributed by atoms with Crippen molar-refractivity contribution >= 4 is 22.9 Å². The lowest BCUT2D eigenvalue weighted by Crippen LogP contribution is -2.31. The Kier molecular flexibility index (Phi) is 4.14. The number of nitrogens with two attached hydrogens (primary N) is 1. The number of likely N-dealkylation sites (tertiary alicyclic amines) is 1. The van der Waals surface area contributed by atoms with Gasteiger partial charge in [-0.05, 0) is 36.1 Å². The Balaban J connectivity index is 1.53. The van der Waals surface area contributed by atoms with E-state index in [1.54, 1.807) is 39.2 Å². The van der Waals surface area contributed by atoms with Gasteiger partial charge in [-0.2, -0.15) is 5.10 Å². The molecular formula is C20H18N6OS. The van der Waals surface area contributed by atoms with Gasteiger partial charge in [0.1, 0.15) is 0 Å². The van der Waals surface area contributed by atoms with Gasteiger partial charge in [-0.15, -0.1) is 11.3 Å². The van der Waals surface area contributed by atoms with E-state index in [-0.39, 0.29) is 11.9 Å². The van der Waals surface area contributed by atoms with E-state index in [1.807, 2.05) is 35.8 Å². The van der Waals surface area contributed by atoms with Crippen LogP contribution in [0.25, 0.3) is 27.5 Å². The largest absolute Gasteiger partial charge is 0.337 e. The lowest BCUT2D eigenvalue weighted by atomic mass is 10.1. The van der Waals surface area contributed by atoms with Gasteiger partial charge in [0.25, 0.3) is 5.91 Å². The molecule has 1 atom stereocenters. The van der Waals surface area contributed by atoms with Crippen LogP contribution in [0.4, 0.5) is 0 Å². The number of hydrogen-bond acceptors (Lipinski definition) is 6. The van der Waals surface area contributed by atoms with Gasteiger partial charge in [-0.3, -0.25) is 9.78 Å². The van der Waals surface area contributed by atoms with E-state index in [0.29, 0.717) is 30.0 Å². The first kappa shape index (κ1) is 17.0. The van der Waals surface area contributed by atoms with E-state index in [9.17, 15) is 4.79 Å². The summed E-state index contributed by atoms with van der Waals surface area (Å²) in [6, 6.07) is 9.60. The minimum atomic E-state index is -0.0136. The minimum absolute atomic E-state index is 0.0136. The molecule has 0 radical (unpaired) electrons. The Morgan fingerprint density at radius 2 is 2.18 bits per heavy atom. The fourth-order valence-corrected chi connectivity index (χ4v) is 4.17. The number of fused-ring (bicyclic) bond motifs is 1. The van der Waals surface area contributed by atoms with Crippen LogP contribution in [-0.2, 0) is 0 Å². The van der Waals surface area contributed by atoms with Gasteiger partial charge >= 0.3 is 0 Å². The van der Waals surface area contributed by atoms with Crippen LogP contribution >= 0.6 is 11.3 Å². The van der Waals surface area contributed by atoms with Gasteiger partial charge in [-0.25, -0.2) is 9.50 Å². The lowest BCUT2D eigenvalue weighted by Gasteiger charge is -2.15. The SMILES string of the molecule is NC1CCN(C(=O)c2ccnc(-c3cnn4ccc(-c5cccs5)nc34)c2)C1. The molecule has 140 valence electrons. The van der Waals surface area contributed by atoms with Crippen LogP contribution in [-0.4, -0.2) is 49.5 Å². The quantitative estimate of drug-likeness (QED) is 0.581. The maximum absolute atomic E-state index is 12.8. The number of pyridine rings is 1. The molecule has 1 amide bonds. The minimum Gasteiger partial charge on any atom is -0.337 e. The highest BCUT2D eigenvalue weighted by Gasteiger charge is 2.25. The third-order valence-electron chi connectivity index (χ3n) is 4.94. The predicted octanol–water partition coefficient (Wildman–Crippen LogP) is 2.69. The van der Waals surface area contributed by atoms with E-state index in [0.717, 1.165) is 22.6 Å². The first-order valence-corrected chi connectivity index (χ1v) is 9.96. The molecule has 4 aromatic rings. The number of rotatable bonds is 3. The highest BCUT2D eigenvalue weighted by molar-refractivity contribution is 7.13. The van der Waals surface area contributed by atoms with Crippen molar-refractivity contribution in [1.29, 1.82) is 0 Å². The van der Waals surface area contributed by atoms with Crippen molar-refractivity contribution in [3.63, 3.8) is 0 Å². The summed E-state index contributed by atoms with van der Waals surface area (Å²) in [5.74, 6) is -0.0136. The van der Waals surface area contributed by atoms with Crippen LogP contribution in [0.15, 0.2) is 54.3 Å². The van der Waals surface area contributed by atoms with Crippen molar-refractivity contribution in [3.05, 3.63) is 59.9 Å². The molecule has 1 aliphatic rings. The van der Waals surface area contributed by atoms with Gasteiger partial charge in [-0.1, -0.05) is 6.07 Å². The fourth-order valence-electron chi connectivity index (χ4n) is 3.48. The van der Waals surface area contributed by atoms with Crippen LogP contribution in [0.1, 0.15) is 16.8 Å². The number of carbonyl (C=O) groups excluding carboxylic acids is 1. The van der Waals surface area contributed by atoms with Crippen LogP contribution in [0, 0.1) is 0 Å². The summed E-state index contributed by atoms with van der Waals surface area (Å²) in [6.07, 6.45) is 6.13. The van der Waals surface area contributed by atoms with E-state index < -0.39 is 0 Å². The van der Waals surface area contributed by atoms with Gasteiger partial charge in [0, 0.05) is 37.1 Å². The zero-order valence-corrected chi connectivity index (χ0v) is 15.8. The Hall–Kier alpha value is -3.10. The van der Waals surface area contributed by atoms with Crippen LogP contribution in [0.5, 0.6) is 0 Å². The summed E-state index contributed by atoms with van der Waals surface area (Å²) in [6.45, 7) is 1.29. The standard InChI is InChI=1S/C20H18N6OS/c21-14-4-7-25(12-14)20(27)13-3-6-22-17(10-13)15-11-23-26-8-5-16(24-19(15)26)18-2-1-9-28-18/h1-3,5-6,8-11,14H,4,7,12,21H2.